The van der Waals surface area contributed by atoms with Gasteiger partial charge in [0.25, 0.3) is 0 Å². The van der Waals surface area contributed by atoms with Crippen LogP contribution in [0.5, 0.6) is 11.8 Å². The first-order chi connectivity index (χ1) is 20.7. The maximum absolute atomic E-state index is 13.1. The second kappa shape index (κ2) is 10.7. The highest BCUT2D eigenvalue weighted by atomic mass is 19.4. The van der Waals surface area contributed by atoms with Crippen molar-refractivity contribution in [3.05, 3.63) is 65.5 Å². The lowest BCUT2D eigenvalue weighted by molar-refractivity contribution is -0.140. The van der Waals surface area contributed by atoms with Crippen molar-refractivity contribution in [1.29, 1.82) is 0 Å². The molecule has 9 nitrogen and oxygen atoms in total. The summed E-state index contributed by atoms with van der Waals surface area (Å²) in [5, 5.41) is 0.744. The molecule has 222 valence electrons. The van der Waals surface area contributed by atoms with Crippen molar-refractivity contribution in [2.75, 3.05) is 0 Å². The molecule has 0 unspecified atom stereocenters. The first-order valence-electron chi connectivity index (χ1n) is 14.4. The van der Waals surface area contributed by atoms with Gasteiger partial charge < -0.3 is 19.0 Å². The van der Waals surface area contributed by atoms with Crippen LogP contribution in [0.2, 0.25) is 0 Å². The number of benzene rings is 1. The van der Waals surface area contributed by atoms with Crippen molar-refractivity contribution in [2.24, 2.45) is 7.05 Å². The lowest BCUT2D eigenvalue weighted by Gasteiger charge is -2.17. The van der Waals surface area contributed by atoms with Crippen LogP contribution in [0.25, 0.3) is 33.8 Å². The molecule has 0 bridgehead atoms. The van der Waals surface area contributed by atoms with Gasteiger partial charge in [-0.25, -0.2) is 19.9 Å². The van der Waals surface area contributed by atoms with Crippen LogP contribution < -0.4 is 9.47 Å². The van der Waals surface area contributed by atoms with E-state index in [0.29, 0.717) is 40.3 Å². The van der Waals surface area contributed by atoms with Crippen molar-refractivity contribution in [1.82, 2.24) is 34.5 Å². The van der Waals surface area contributed by atoms with Crippen molar-refractivity contribution in [3.63, 3.8) is 0 Å². The van der Waals surface area contributed by atoms with Crippen molar-refractivity contribution >= 4 is 11.0 Å². The predicted molar refractivity (Wildman–Crippen MR) is 152 cm³/mol. The topological polar surface area (TPSA) is 104 Å². The molecule has 7 rings (SSSR count). The number of aromatic amines is 1. The Hall–Kier alpha value is -4.48. The van der Waals surface area contributed by atoms with Gasteiger partial charge in [0, 0.05) is 30.4 Å². The molecule has 0 atom stereocenters. The molecule has 0 radical (unpaired) electrons. The Balaban J connectivity index is 1.19. The second-order valence-electron chi connectivity index (χ2n) is 11.3. The lowest BCUT2D eigenvalue weighted by Crippen LogP contribution is -2.14. The zero-order valence-corrected chi connectivity index (χ0v) is 23.8. The quantitative estimate of drug-likeness (QED) is 0.210. The number of imidazole rings is 1. The van der Waals surface area contributed by atoms with Gasteiger partial charge in [-0.05, 0) is 57.1 Å². The molecule has 1 aromatic carbocycles. The molecule has 43 heavy (non-hydrogen) atoms. The van der Waals surface area contributed by atoms with Gasteiger partial charge in [-0.2, -0.15) is 18.2 Å². The van der Waals surface area contributed by atoms with Gasteiger partial charge in [-0.1, -0.05) is 24.3 Å². The fourth-order valence-corrected chi connectivity index (χ4v) is 5.62. The Morgan fingerprint density at radius 3 is 2.44 bits per heavy atom. The average molecular weight is 590 g/mol. The summed E-state index contributed by atoms with van der Waals surface area (Å²) in [6.07, 6.45) is 4.52. The Morgan fingerprint density at radius 1 is 0.977 bits per heavy atom. The fraction of sp³-hybridized carbons (Fsp3) is 0.387. The zero-order chi connectivity index (χ0) is 29.7. The number of halogens is 3. The van der Waals surface area contributed by atoms with Gasteiger partial charge in [0.1, 0.15) is 36.1 Å². The number of rotatable bonds is 8. The molecule has 2 fully saturated rings. The lowest BCUT2D eigenvalue weighted by atomic mass is 10.1. The van der Waals surface area contributed by atoms with Gasteiger partial charge >= 0.3 is 6.18 Å². The van der Waals surface area contributed by atoms with Crippen LogP contribution in [-0.2, 0) is 19.8 Å². The van der Waals surface area contributed by atoms with Gasteiger partial charge in [0.15, 0.2) is 11.5 Å². The highest BCUT2D eigenvalue weighted by Gasteiger charge is 2.35. The van der Waals surface area contributed by atoms with E-state index in [2.05, 4.69) is 19.9 Å². The molecule has 0 spiro atoms. The standard InChI is InChI=1S/C31H30F3N7O2/c1-17-13-22-26(37-17)39-27(24-25(19-11-12-19)35-16-36-30(24)43-21-5-3-4-6-21)40-29(22)42-15-18-7-9-20(10-8-18)28-38-23(14-41(28)2)31(32,33)34/h7-10,13-14,16,19,21H,3-6,11-12,15H2,1-2H3,(H,37,39,40). The van der Waals surface area contributed by atoms with Crippen LogP contribution in [0.15, 0.2) is 42.9 Å². The highest BCUT2D eigenvalue weighted by Crippen LogP contribution is 2.46. The van der Waals surface area contributed by atoms with E-state index in [1.807, 2.05) is 25.1 Å². The van der Waals surface area contributed by atoms with E-state index in [0.717, 1.165) is 67.1 Å². The number of nitrogens with zero attached hydrogens (tertiary/aromatic N) is 6. The molecule has 2 saturated carbocycles. The van der Waals surface area contributed by atoms with E-state index in [9.17, 15) is 13.2 Å². The van der Waals surface area contributed by atoms with Crippen molar-refractivity contribution in [3.8, 4) is 34.5 Å². The first kappa shape index (κ1) is 27.4. The number of nitrogens with one attached hydrogen (secondary N) is 1. The third kappa shape index (κ3) is 5.53. The Morgan fingerprint density at radius 2 is 1.74 bits per heavy atom. The third-order valence-electron chi connectivity index (χ3n) is 7.95. The summed E-state index contributed by atoms with van der Waals surface area (Å²) in [6.45, 7) is 2.14. The maximum Gasteiger partial charge on any atom is 0.434 e. The first-order valence-corrected chi connectivity index (χ1v) is 14.4. The molecule has 4 heterocycles. The number of hydrogen-bond acceptors (Lipinski definition) is 7. The van der Waals surface area contributed by atoms with Crippen LogP contribution >= 0.6 is 0 Å². The van der Waals surface area contributed by atoms with E-state index in [1.54, 1.807) is 25.5 Å². The van der Waals surface area contributed by atoms with Crippen LogP contribution in [0.4, 0.5) is 13.2 Å². The molecular formula is C31H30F3N7O2. The van der Waals surface area contributed by atoms with E-state index in [-0.39, 0.29) is 18.5 Å². The second-order valence-corrected chi connectivity index (χ2v) is 11.3. The number of alkyl halides is 3. The molecule has 5 aromatic rings. The normalized spacial score (nSPS) is 15.8. The SMILES string of the molecule is Cc1cc2c(OCc3ccc(-c4nc(C(F)(F)F)cn4C)cc3)nc(-c3c(OC4CCCC4)ncnc3C3CC3)nc2[nH]1. The number of ether oxygens (including phenoxy) is 2. The molecule has 2 aliphatic rings. The van der Waals surface area contributed by atoms with Gasteiger partial charge in [-0.3, -0.25) is 0 Å². The summed E-state index contributed by atoms with van der Waals surface area (Å²) >= 11 is 0. The maximum atomic E-state index is 13.1. The summed E-state index contributed by atoms with van der Waals surface area (Å²) in [7, 11) is 1.54. The van der Waals surface area contributed by atoms with E-state index in [4.69, 9.17) is 19.4 Å². The summed E-state index contributed by atoms with van der Waals surface area (Å²) < 4.78 is 53.4. The molecule has 2 aliphatic carbocycles. The summed E-state index contributed by atoms with van der Waals surface area (Å²) in [5.74, 6) is 1.92. The van der Waals surface area contributed by atoms with Gasteiger partial charge in [-0.15, -0.1) is 0 Å². The van der Waals surface area contributed by atoms with E-state index >= 15 is 0 Å². The highest BCUT2D eigenvalue weighted by molar-refractivity contribution is 5.84. The minimum Gasteiger partial charge on any atom is -0.474 e. The summed E-state index contributed by atoms with van der Waals surface area (Å²) in [6, 6.07) is 9.03. The molecule has 0 saturated heterocycles. The van der Waals surface area contributed by atoms with E-state index < -0.39 is 11.9 Å². The smallest absolute Gasteiger partial charge is 0.434 e. The number of aryl methyl sites for hydroxylation is 2. The monoisotopic (exact) mass is 589 g/mol. The van der Waals surface area contributed by atoms with E-state index in [1.165, 1.54) is 4.57 Å². The third-order valence-corrected chi connectivity index (χ3v) is 7.95. The largest absolute Gasteiger partial charge is 0.474 e. The Bertz CT molecular complexity index is 1790. The minimum atomic E-state index is -4.50. The van der Waals surface area contributed by atoms with Crippen LogP contribution in [0.1, 0.15) is 67.1 Å². The molecular weight excluding hydrogens is 559 g/mol. The molecule has 0 amide bonds. The predicted octanol–water partition coefficient (Wildman–Crippen LogP) is 6.92. The number of hydrogen-bond donors (Lipinski definition) is 1. The zero-order valence-electron chi connectivity index (χ0n) is 23.8. The molecule has 1 N–H and O–H groups in total. The fourth-order valence-electron chi connectivity index (χ4n) is 5.62. The van der Waals surface area contributed by atoms with Crippen molar-refractivity contribution in [2.45, 2.75) is 70.3 Å². The number of H-pyrrole nitrogens is 1. The number of fused-ring (bicyclic) bond motifs is 1. The minimum absolute atomic E-state index is 0.113. The van der Waals surface area contributed by atoms with Crippen LogP contribution in [0.3, 0.4) is 0 Å². The van der Waals surface area contributed by atoms with Crippen molar-refractivity contribution < 1.29 is 22.6 Å². The van der Waals surface area contributed by atoms with Crippen LogP contribution in [-0.4, -0.2) is 40.6 Å². The Kier molecular flexibility index (Phi) is 6.78. The van der Waals surface area contributed by atoms with Gasteiger partial charge in [0.2, 0.25) is 11.8 Å². The van der Waals surface area contributed by atoms with Gasteiger partial charge in [0.05, 0.1) is 11.1 Å². The Labute approximate surface area is 245 Å². The summed E-state index contributed by atoms with van der Waals surface area (Å²) in [5.41, 5.74) is 3.64. The average Bonchev–Trinajstić information content (AvgIpc) is 3.33. The molecule has 12 heteroatoms. The number of aromatic nitrogens is 7. The molecule has 0 aliphatic heterocycles. The summed E-state index contributed by atoms with van der Waals surface area (Å²) in [4.78, 5) is 26.0. The van der Waals surface area contributed by atoms with Crippen LogP contribution in [0, 0.1) is 6.92 Å². The molecule has 4 aromatic heterocycles.